The van der Waals surface area contributed by atoms with Gasteiger partial charge in [0, 0.05) is 19.5 Å². The lowest BCUT2D eigenvalue weighted by Gasteiger charge is -2.29. The van der Waals surface area contributed by atoms with Crippen LogP contribution in [0.4, 0.5) is 5.69 Å². The van der Waals surface area contributed by atoms with E-state index in [0.717, 1.165) is 13.0 Å². The van der Waals surface area contributed by atoms with Crippen LogP contribution in [-0.4, -0.2) is 36.6 Å². The number of ether oxygens (including phenoxy) is 1. The first-order valence-corrected chi connectivity index (χ1v) is 8.73. The van der Waals surface area contributed by atoms with Gasteiger partial charge >= 0.3 is 0 Å². The predicted molar refractivity (Wildman–Crippen MR) is 100 cm³/mol. The van der Waals surface area contributed by atoms with Gasteiger partial charge in [-0.3, -0.25) is 20.4 Å². The molecule has 0 saturated carbocycles. The molecular weight excluding hydrogens is 340 g/mol. The third-order valence-electron chi connectivity index (χ3n) is 3.69. The van der Waals surface area contributed by atoms with E-state index < -0.39 is 0 Å². The fourth-order valence-electron chi connectivity index (χ4n) is 2.32. The summed E-state index contributed by atoms with van der Waals surface area (Å²) in [5.74, 6) is 0.824. The van der Waals surface area contributed by atoms with Gasteiger partial charge in [0.25, 0.3) is 5.91 Å². The average Bonchev–Trinajstić information content (AvgIpc) is 2.58. The van der Waals surface area contributed by atoms with Gasteiger partial charge in [0.15, 0.2) is 11.7 Å². The molecule has 0 atom stereocenters. The lowest BCUT2D eigenvalue weighted by molar-refractivity contribution is -0.122. The molecule has 136 valence electrons. The standard InChI is InChI=1S/C17H24N4O3S/c1-12(2)7-9-18-17(25)20-19-15(22)8-10-21-13-5-3-4-6-14(13)24-11-16(21)23/h3-6,12H,7-11H2,1-2H3,(H,19,22)(H2,18,20,25). The highest BCUT2D eigenvalue weighted by molar-refractivity contribution is 7.80. The van der Waals surface area contributed by atoms with Crippen molar-refractivity contribution in [1.29, 1.82) is 0 Å². The Bertz CT molecular complexity index is 636. The summed E-state index contributed by atoms with van der Waals surface area (Å²) < 4.78 is 5.38. The molecule has 8 heteroatoms. The summed E-state index contributed by atoms with van der Waals surface area (Å²) in [7, 11) is 0. The highest BCUT2D eigenvalue weighted by Gasteiger charge is 2.25. The molecule has 0 aliphatic carbocycles. The lowest BCUT2D eigenvalue weighted by atomic mass is 10.1. The van der Waals surface area contributed by atoms with Crippen LogP contribution in [-0.2, 0) is 9.59 Å². The summed E-state index contributed by atoms with van der Waals surface area (Å²) >= 11 is 5.09. The minimum atomic E-state index is -0.246. The van der Waals surface area contributed by atoms with Crippen LogP contribution in [0.5, 0.6) is 5.75 Å². The van der Waals surface area contributed by atoms with Crippen LogP contribution in [0.15, 0.2) is 24.3 Å². The smallest absolute Gasteiger partial charge is 0.265 e. The maximum atomic E-state index is 12.0. The van der Waals surface area contributed by atoms with Gasteiger partial charge in [-0.05, 0) is 36.7 Å². The number of nitrogens with zero attached hydrogens (tertiary/aromatic N) is 1. The number of fused-ring (bicyclic) bond motifs is 1. The normalized spacial score (nSPS) is 13.1. The van der Waals surface area contributed by atoms with Gasteiger partial charge in [-0.25, -0.2) is 0 Å². The number of carbonyl (C=O) groups is 2. The average molecular weight is 364 g/mol. The zero-order chi connectivity index (χ0) is 18.2. The maximum Gasteiger partial charge on any atom is 0.265 e. The molecule has 0 bridgehead atoms. The first-order chi connectivity index (χ1) is 12.0. The number of amides is 2. The molecule has 1 aromatic rings. The predicted octanol–water partition coefficient (Wildman–Crippen LogP) is 1.34. The van der Waals surface area contributed by atoms with Crippen molar-refractivity contribution in [3.63, 3.8) is 0 Å². The molecule has 0 spiro atoms. The van der Waals surface area contributed by atoms with Crippen molar-refractivity contribution in [3.8, 4) is 5.75 Å². The quantitative estimate of drug-likeness (QED) is 0.522. The van der Waals surface area contributed by atoms with Gasteiger partial charge in [-0.2, -0.15) is 0 Å². The first-order valence-electron chi connectivity index (χ1n) is 8.32. The molecule has 0 unspecified atom stereocenters. The van der Waals surface area contributed by atoms with Crippen LogP contribution >= 0.6 is 12.2 Å². The van der Waals surface area contributed by atoms with E-state index in [1.165, 1.54) is 0 Å². The second-order valence-corrected chi connectivity index (χ2v) is 6.57. The van der Waals surface area contributed by atoms with Crippen molar-refractivity contribution in [2.75, 3.05) is 24.6 Å². The Morgan fingerprint density at radius 3 is 2.84 bits per heavy atom. The zero-order valence-electron chi connectivity index (χ0n) is 14.5. The molecule has 0 radical (unpaired) electrons. The van der Waals surface area contributed by atoms with Crippen LogP contribution in [0, 0.1) is 5.92 Å². The SMILES string of the molecule is CC(C)CCNC(=S)NNC(=O)CCN1C(=O)COc2ccccc21. The van der Waals surface area contributed by atoms with E-state index in [2.05, 4.69) is 30.0 Å². The Kier molecular flexibility index (Phi) is 7.00. The molecule has 1 heterocycles. The van der Waals surface area contributed by atoms with Crippen molar-refractivity contribution in [2.24, 2.45) is 5.92 Å². The number of para-hydroxylation sites is 2. The third kappa shape index (κ3) is 5.90. The number of anilines is 1. The second kappa shape index (κ2) is 9.22. The minimum absolute atomic E-state index is 0.0132. The molecule has 1 aromatic carbocycles. The number of benzene rings is 1. The summed E-state index contributed by atoms with van der Waals surface area (Å²) in [6.07, 6.45) is 1.15. The molecule has 1 aliphatic heterocycles. The van der Waals surface area contributed by atoms with E-state index in [0.29, 0.717) is 22.5 Å². The van der Waals surface area contributed by atoms with Gasteiger partial charge in [0.2, 0.25) is 5.91 Å². The molecule has 2 amide bonds. The Balaban J connectivity index is 1.75. The fourth-order valence-corrected chi connectivity index (χ4v) is 2.47. The summed E-state index contributed by atoms with van der Waals surface area (Å²) in [6, 6.07) is 7.28. The molecule has 25 heavy (non-hydrogen) atoms. The second-order valence-electron chi connectivity index (χ2n) is 6.16. The van der Waals surface area contributed by atoms with E-state index in [1.807, 2.05) is 12.1 Å². The van der Waals surface area contributed by atoms with Gasteiger partial charge < -0.3 is 15.0 Å². The largest absolute Gasteiger partial charge is 0.482 e. The summed E-state index contributed by atoms with van der Waals surface area (Å²) in [6.45, 7) is 5.27. The highest BCUT2D eigenvalue weighted by Crippen LogP contribution is 2.31. The molecule has 0 fully saturated rings. The van der Waals surface area contributed by atoms with E-state index >= 15 is 0 Å². The van der Waals surface area contributed by atoms with Crippen LogP contribution in [0.1, 0.15) is 26.7 Å². The van der Waals surface area contributed by atoms with Crippen molar-refractivity contribution in [3.05, 3.63) is 24.3 Å². The highest BCUT2D eigenvalue weighted by atomic mass is 32.1. The van der Waals surface area contributed by atoms with Crippen molar-refractivity contribution in [2.45, 2.75) is 26.7 Å². The van der Waals surface area contributed by atoms with Gasteiger partial charge in [-0.15, -0.1) is 0 Å². The van der Waals surface area contributed by atoms with Crippen LogP contribution < -0.4 is 25.8 Å². The number of carbonyl (C=O) groups excluding carboxylic acids is 2. The maximum absolute atomic E-state index is 12.0. The topological polar surface area (TPSA) is 82.7 Å². The molecule has 3 N–H and O–H groups in total. The molecule has 7 nitrogen and oxygen atoms in total. The van der Waals surface area contributed by atoms with Crippen LogP contribution in [0.2, 0.25) is 0 Å². The fraction of sp³-hybridized carbons (Fsp3) is 0.471. The monoisotopic (exact) mass is 364 g/mol. The molecule has 0 aromatic heterocycles. The number of rotatable bonds is 6. The molecule has 2 rings (SSSR count). The first kappa shape index (κ1) is 19.0. The number of hydrogen-bond donors (Lipinski definition) is 3. The number of nitrogens with one attached hydrogen (secondary N) is 3. The zero-order valence-corrected chi connectivity index (χ0v) is 15.3. The van der Waals surface area contributed by atoms with Crippen LogP contribution in [0.25, 0.3) is 0 Å². The Labute approximate surface area is 153 Å². The van der Waals surface area contributed by atoms with Crippen molar-refractivity contribution in [1.82, 2.24) is 16.2 Å². The lowest BCUT2D eigenvalue weighted by Crippen LogP contribution is -2.48. The van der Waals surface area contributed by atoms with E-state index in [4.69, 9.17) is 17.0 Å². The number of hydrogen-bond acceptors (Lipinski definition) is 4. The van der Waals surface area contributed by atoms with Gasteiger partial charge in [0.05, 0.1) is 5.69 Å². The van der Waals surface area contributed by atoms with Gasteiger partial charge in [0.1, 0.15) is 5.75 Å². The Hall–Kier alpha value is -2.35. The minimum Gasteiger partial charge on any atom is -0.482 e. The summed E-state index contributed by atoms with van der Waals surface area (Å²) in [5.41, 5.74) is 5.89. The van der Waals surface area contributed by atoms with Crippen LogP contribution in [0.3, 0.4) is 0 Å². The molecule has 1 aliphatic rings. The summed E-state index contributed by atoms with van der Waals surface area (Å²) in [5, 5.41) is 3.40. The third-order valence-corrected chi connectivity index (χ3v) is 3.94. The van der Waals surface area contributed by atoms with E-state index in [9.17, 15) is 9.59 Å². The van der Waals surface area contributed by atoms with Crippen molar-refractivity contribution >= 4 is 34.8 Å². The summed E-state index contributed by atoms with van der Waals surface area (Å²) in [4.78, 5) is 25.6. The Morgan fingerprint density at radius 2 is 2.08 bits per heavy atom. The Morgan fingerprint density at radius 1 is 1.32 bits per heavy atom. The van der Waals surface area contributed by atoms with E-state index in [1.54, 1.807) is 17.0 Å². The van der Waals surface area contributed by atoms with Crippen molar-refractivity contribution < 1.29 is 14.3 Å². The molecular formula is C17H24N4O3S. The number of hydrazine groups is 1. The van der Waals surface area contributed by atoms with E-state index in [-0.39, 0.29) is 31.4 Å². The number of thiocarbonyl (C=S) groups is 1. The van der Waals surface area contributed by atoms with Gasteiger partial charge in [-0.1, -0.05) is 26.0 Å². The molecule has 0 saturated heterocycles.